The lowest BCUT2D eigenvalue weighted by molar-refractivity contribution is 0.112. The van der Waals surface area contributed by atoms with Crippen molar-refractivity contribution < 1.29 is 4.79 Å². The molecule has 86 valence electrons. The molecule has 2 heteroatoms. The second-order valence-corrected chi connectivity index (χ2v) is 4.27. The summed E-state index contributed by atoms with van der Waals surface area (Å²) in [4.78, 5) is 10.8. The van der Waals surface area contributed by atoms with Crippen molar-refractivity contribution in [1.82, 2.24) is 0 Å². The van der Waals surface area contributed by atoms with E-state index in [-0.39, 0.29) is 0 Å². The molecule has 0 heterocycles. The summed E-state index contributed by atoms with van der Waals surface area (Å²) < 4.78 is 0. The second-order valence-electron chi connectivity index (χ2n) is 4.27. The van der Waals surface area contributed by atoms with Crippen LogP contribution in [0.25, 0.3) is 11.1 Å². The molecule has 2 nitrogen and oxygen atoms in total. The molecule has 0 saturated carbocycles. The number of benzene rings is 2. The Bertz CT molecular complexity index is 573. The van der Waals surface area contributed by atoms with Crippen LogP contribution in [-0.2, 0) is 0 Å². The quantitative estimate of drug-likeness (QED) is 0.629. The maximum atomic E-state index is 10.8. The summed E-state index contributed by atoms with van der Waals surface area (Å²) in [6, 6.07) is 11.6. The van der Waals surface area contributed by atoms with Gasteiger partial charge in [0.25, 0.3) is 0 Å². The maximum Gasteiger partial charge on any atom is 0.150 e. The van der Waals surface area contributed by atoms with Crippen molar-refractivity contribution in [2.75, 3.05) is 5.73 Å². The molecule has 0 fully saturated rings. The molecule has 0 atom stereocenters. The van der Waals surface area contributed by atoms with E-state index < -0.39 is 0 Å². The van der Waals surface area contributed by atoms with Gasteiger partial charge in [-0.3, -0.25) is 4.79 Å². The molecule has 2 rings (SSSR count). The number of nitrogens with two attached hydrogens (primary N) is 1. The van der Waals surface area contributed by atoms with Crippen LogP contribution < -0.4 is 5.73 Å². The number of aldehydes is 1. The van der Waals surface area contributed by atoms with Crippen LogP contribution >= 0.6 is 0 Å². The molecule has 17 heavy (non-hydrogen) atoms. The largest absolute Gasteiger partial charge is 0.398 e. The fourth-order valence-corrected chi connectivity index (χ4v) is 1.97. The SMILES string of the molecule is Cc1cc(N)c(C)c(-c2cccc(C=O)c2)c1. The van der Waals surface area contributed by atoms with Gasteiger partial charge < -0.3 is 5.73 Å². The van der Waals surface area contributed by atoms with Gasteiger partial charge in [-0.15, -0.1) is 0 Å². The highest BCUT2D eigenvalue weighted by molar-refractivity contribution is 5.81. The molecule has 0 aromatic heterocycles. The number of anilines is 1. The van der Waals surface area contributed by atoms with E-state index in [0.717, 1.165) is 34.2 Å². The Kier molecular flexibility index (Phi) is 2.96. The summed E-state index contributed by atoms with van der Waals surface area (Å²) in [5, 5.41) is 0. The van der Waals surface area contributed by atoms with Gasteiger partial charge in [0.2, 0.25) is 0 Å². The minimum Gasteiger partial charge on any atom is -0.398 e. The van der Waals surface area contributed by atoms with E-state index in [2.05, 4.69) is 6.07 Å². The van der Waals surface area contributed by atoms with Crippen LogP contribution in [-0.4, -0.2) is 6.29 Å². The van der Waals surface area contributed by atoms with E-state index in [1.807, 2.05) is 38.1 Å². The summed E-state index contributed by atoms with van der Waals surface area (Å²) in [7, 11) is 0. The van der Waals surface area contributed by atoms with Crippen molar-refractivity contribution in [3.63, 3.8) is 0 Å². The van der Waals surface area contributed by atoms with Gasteiger partial charge in [0, 0.05) is 11.3 Å². The van der Waals surface area contributed by atoms with Gasteiger partial charge in [0.05, 0.1) is 0 Å². The standard InChI is InChI=1S/C15H15NO/c1-10-6-14(11(2)15(16)7-10)13-5-3-4-12(8-13)9-17/h3-9H,16H2,1-2H3. The normalized spacial score (nSPS) is 10.2. The highest BCUT2D eigenvalue weighted by atomic mass is 16.1. The third-order valence-corrected chi connectivity index (χ3v) is 2.93. The first kappa shape index (κ1) is 11.4. The van der Waals surface area contributed by atoms with Gasteiger partial charge in [0.15, 0.2) is 0 Å². The number of carbonyl (C=O) groups is 1. The maximum absolute atomic E-state index is 10.8. The van der Waals surface area contributed by atoms with Crippen LogP contribution in [0.3, 0.4) is 0 Å². The Balaban J connectivity index is 2.63. The van der Waals surface area contributed by atoms with Crippen molar-refractivity contribution >= 4 is 12.0 Å². The first-order chi connectivity index (χ1) is 8.11. The molecule has 2 aromatic carbocycles. The van der Waals surface area contributed by atoms with E-state index in [1.54, 1.807) is 6.07 Å². The van der Waals surface area contributed by atoms with Crippen LogP contribution in [0.4, 0.5) is 5.69 Å². The number of aryl methyl sites for hydroxylation is 1. The minimum absolute atomic E-state index is 0.682. The number of rotatable bonds is 2. The molecule has 0 spiro atoms. The van der Waals surface area contributed by atoms with Crippen molar-refractivity contribution in [1.29, 1.82) is 0 Å². The molecule has 0 radical (unpaired) electrons. The Morgan fingerprint density at radius 3 is 2.59 bits per heavy atom. The van der Waals surface area contributed by atoms with Crippen LogP contribution in [0, 0.1) is 13.8 Å². The van der Waals surface area contributed by atoms with E-state index in [0.29, 0.717) is 5.56 Å². The first-order valence-electron chi connectivity index (χ1n) is 5.54. The van der Waals surface area contributed by atoms with Crippen molar-refractivity contribution in [2.24, 2.45) is 0 Å². The molecule has 0 bridgehead atoms. The molecular formula is C15H15NO. The average molecular weight is 225 g/mol. The van der Waals surface area contributed by atoms with E-state index in [9.17, 15) is 4.79 Å². The predicted octanol–water partition coefficient (Wildman–Crippen LogP) is 3.37. The summed E-state index contributed by atoms with van der Waals surface area (Å²) in [6.45, 7) is 4.01. The highest BCUT2D eigenvalue weighted by Gasteiger charge is 2.06. The molecule has 0 aliphatic rings. The number of hydrogen-bond donors (Lipinski definition) is 1. The third kappa shape index (κ3) is 2.21. The lowest BCUT2D eigenvalue weighted by Gasteiger charge is -2.10. The van der Waals surface area contributed by atoms with Gasteiger partial charge in [-0.25, -0.2) is 0 Å². The summed E-state index contributed by atoms with van der Waals surface area (Å²) >= 11 is 0. The average Bonchev–Trinajstić information content (AvgIpc) is 2.34. The van der Waals surface area contributed by atoms with E-state index in [4.69, 9.17) is 5.73 Å². The zero-order valence-electron chi connectivity index (χ0n) is 10.0. The Morgan fingerprint density at radius 1 is 1.12 bits per heavy atom. The zero-order chi connectivity index (χ0) is 12.4. The van der Waals surface area contributed by atoms with Crippen LogP contribution in [0.2, 0.25) is 0 Å². The third-order valence-electron chi connectivity index (χ3n) is 2.93. The molecular weight excluding hydrogens is 210 g/mol. The summed E-state index contributed by atoms with van der Waals surface area (Å²) in [5.74, 6) is 0. The van der Waals surface area contributed by atoms with Crippen LogP contribution in [0.15, 0.2) is 36.4 Å². The first-order valence-corrected chi connectivity index (χ1v) is 5.54. The van der Waals surface area contributed by atoms with Crippen molar-refractivity contribution in [2.45, 2.75) is 13.8 Å². The molecule has 0 aliphatic heterocycles. The number of hydrogen-bond acceptors (Lipinski definition) is 2. The van der Waals surface area contributed by atoms with Gasteiger partial charge in [-0.05, 0) is 48.2 Å². The second kappa shape index (κ2) is 4.42. The van der Waals surface area contributed by atoms with Gasteiger partial charge in [0.1, 0.15) is 6.29 Å². The molecule has 2 N–H and O–H groups in total. The molecule has 0 amide bonds. The zero-order valence-corrected chi connectivity index (χ0v) is 10.0. The van der Waals surface area contributed by atoms with Crippen LogP contribution in [0.1, 0.15) is 21.5 Å². The number of nitrogen functional groups attached to an aromatic ring is 1. The monoisotopic (exact) mass is 225 g/mol. The molecule has 0 saturated heterocycles. The fraction of sp³-hybridized carbons (Fsp3) is 0.133. The van der Waals surface area contributed by atoms with Crippen molar-refractivity contribution in [3.05, 3.63) is 53.1 Å². The highest BCUT2D eigenvalue weighted by Crippen LogP contribution is 2.28. The Labute approximate surface area is 101 Å². The smallest absolute Gasteiger partial charge is 0.150 e. The minimum atomic E-state index is 0.682. The fourth-order valence-electron chi connectivity index (χ4n) is 1.97. The molecule has 0 unspecified atom stereocenters. The van der Waals surface area contributed by atoms with E-state index in [1.165, 1.54) is 0 Å². The Morgan fingerprint density at radius 2 is 1.88 bits per heavy atom. The van der Waals surface area contributed by atoms with E-state index >= 15 is 0 Å². The van der Waals surface area contributed by atoms with Gasteiger partial charge >= 0.3 is 0 Å². The lowest BCUT2D eigenvalue weighted by atomic mass is 9.96. The summed E-state index contributed by atoms with van der Waals surface area (Å²) in [6.07, 6.45) is 0.859. The molecule has 2 aromatic rings. The lowest BCUT2D eigenvalue weighted by Crippen LogP contribution is -1.94. The topological polar surface area (TPSA) is 43.1 Å². The number of carbonyl (C=O) groups excluding carboxylic acids is 1. The van der Waals surface area contributed by atoms with Gasteiger partial charge in [-0.2, -0.15) is 0 Å². The van der Waals surface area contributed by atoms with Crippen LogP contribution in [0.5, 0.6) is 0 Å². The summed E-state index contributed by atoms with van der Waals surface area (Å²) in [5.41, 5.74) is 11.7. The molecule has 0 aliphatic carbocycles. The predicted molar refractivity (Wildman–Crippen MR) is 71.2 cm³/mol. The van der Waals surface area contributed by atoms with Gasteiger partial charge in [-0.1, -0.05) is 24.3 Å². The Hall–Kier alpha value is -2.09. The van der Waals surface area contributed by atoms with Crippen molar-refractivity contribution in [3.8, 4) is 11.1 Å².